The van der Waals surface area contributed by atoms with Crippen molar-refractivity contribution < 1.29 is 4.74 Å². The summed E-state index contributed by atoms with van der Waals surface area (Å²) in [5.74, 6) is 2.29. The summed E-state index contributed by atoms with van der Waals surface area (Å²) in [6, 6.07) is 1.89. The van der Waals surface area contributed by atoms with Crippen molar-refractivity contribution in [3.8, 4) is 5.88 Å². The van der Waals surface area contributed by atoms with Gasteiger partial charge in [-0.25, -0.2) is 4.98 Å². The van der Waals surface area contributed by atoms with Crippen molar-refractivity contribution in [2.24, 2.45) is 0 Å². The van der Waals surface area contributed by atoms with E-state index in [1.807, 2.05) is 13.0 Å². The van der Waals surface area contributed by atoms with Crippen LogP contribution < -0.4 is 10.1 Å². The molecule has 0 unspecified atom stereocenters. The molecule has 1 aromatic rings. The van der Waals surface area contributed by atoms with E-state index in [4.69, 9.17) is 4.74 Å². The first-order valence-electron chi connectivity index (χ1n) is 8.22. The van der Waals surface area contributed by atoms with Gasteiger partial charge >= 0.3 is 0 Å². The molecule has 0 saturated carbocycles. The number of hydrogen-bond acceptors (Lipinski definition) is 5. The molecule has 2 rings (SSSR count). The SMILES string of the molecule is CCCOc1cc(NCCCCN2CCCC2)nc(C)n1. The average Bonchev–Trinajstić information content (AvgIpc) is 2.97. The fraction of sp³-hybridized carbons (Fsp3) is 0.750. The number of nitrogens with one attached hydrogen (secondary N) is 1. The standard InChI is InChI=1S/C16H28N4O/c1-3-12-21-16-13-15(18-14(2)19-16)17-8-4-5-9-20-10-6-7-11-20/h13H,3-12H2,1-2H3,(H,17,18,19). The maximum absolute atomic E-state index is 5.57. The van der Waals surface area contributed by atoms with E-state index in [0.717, 1.165) is 24.6 Å². The van der Waals surface area contributed by atoms with E-state index in [-0.39, 0.29) is 0 Å². The summed E-state index contributed by atoms with van der Waals surface area (Å²) in [4.78, 5) is 11.3. The number of rotatable bonds is 9. The molecule has 0 aliphatic carbocycles. The molecule has 0 spiro atoms. The van der Waals surface area contributed by atoms with Crippen LogP contribution in [0.5, 0.6) is 5.88 Å². The molecule has 5 nitrogen and oxygen atoms in total. The third kappa shape index (κ3) is 5.87. The first-order valence-corrected chi connectivity index (χ1v) is 8.22. The second-order valence-corrected chi connectivity index (χ2v) is 5.67. The molecule has 0 aromatic carbocycles. The minimum atomic E-state index is 0.670. The molecule has 118 valence electrons. The zero-order valence-electron chi connectivity index (χ0n) is 13.4. The highest BCUT2D eigenvalue weighted by Crippen LogP contribution is 2.14. The Labute approximate surface area is 128 Å². The van der Waals surface area contributed by atoms with Crippen molar-refractivity contribution in [2.75, 3.05) is 38.1 Å². The van der Waals surface area contributed by atoms with Crippen LogP contribution in [0.4, 0.5) is 5.82 Å². The Kier molecular flexibility index (Phi) is 6.73. The van der Waals surface area contributed by atoms with Crippen LogP contribution in [0.1, 0.15) is 44.9 Å². The minimum Gasteiger partial charge on any atom is -0.478 e. The van der Waals surface area contributed by atoms with Gasteiger partial charge in [0.05, 0.1) is 6.61 Å². The van der Waals surface area contributed by atoms with Gasteiger partial charge in [-0.15, -0.1) is 0 Å². The van der Waals surface area contributed by atoms with Crippen LogP contribution >= 0.6 is 0 Å². The molecule has 1 saturated heterocycles. The van der Waals surface area contributed by atoms with Crippen LogP contribution in [0.25, 0.3) is 0 Å². The van der Waals surface area contributed by atoms with Crippen LogP contribution in [0.2, 0.25) is 0 Å². The molecule has 1 aliphatic heterocycles. The predicted octanol–water partition coefficient (Wildman–Crippen LogP) is 2.86. The minimum absolute atomic E-state index is 0.670. The summed E-state index contributed by atoms with van der Waals surface area (Å²) < 4.78 is 5.57. The van der Waals surface area contributed by atoms with Crippen LogP contribution in [0, 0.1) is 6.92 Å². The van der Waals surface area contributed by atoms with Crippen molar-refractivity contribution in [1.82, 2.24) is 14.9 Å². The van der Waals surface area contributed by atoms with Crippen LogP contribution in [0.15, 0.2) is 6.07 Å². The van der Waals surface area contributed by atoms with E-state index in [0.29, 0.717) is 12.5 Å². The number of nitrogens with zero attached hydrogens (tertiary/aromatic N) is 3. The third-order valence-corrected chi connectivity index (χ3v) is 3.67. The van der Waals surface area contributed by atoms with Crippen molar-refractivity contribution >= 4 is 5.82 Å². The topological polar surface area (TPSA) is 50.3 Å². The van der Waals surface area contributed by atoms with Crippen molar-refractivity contribution in [3.63, 3.8) is 0 Å². The molecule has 0 amide bonds. The molecule has 1 aromatic heterocycles. The predicted molar refractivity (Wildman–Crippen MR) is 86.0 cm³/mol. The third-order valence-electron chi connectivity index (χ3n) is 3.67. The van der Waals surface area contributed by atoms with E-state index in [9.17, 15) is 0 Å². The summed E-state index contributed by atoms with van der Waals surface area (Å²) in [6.45, 7) is 9.46. The number of aromatic nitrogens is 2. The second-order valence-electron chi connectivity index (χ2n) is 5.67. The molecule has 1 N–H and O–H groups in total. The molecule has 1 aliphatic rings. The maximum Gasteiger partial charge on any atom is 0.218 e. The lowest BCUT2D eigenvalue weighted by Crippen LogP contribution is -2.20. The zero-order valence-corrected chi connectivity index (χ0v) is 13.4. The average molecular weight is 292 g/mol. The number of aryl methyl sites for hydroxylation is 1. The van der Waals surface area contributed by atoms with Gasteiger partial charge in [-0.1, -0.05) is 6.92 Å². The van der Waals surface area contributed by atoms with Crippen LogP contribution in [-0.4, -0.2) is 47.7 Å². The Balaban J connectivity index is 1.68. The first-order chi connectivity index (χ1) is 10.3. The summed E-state index contributed by atoms with van der Waals surface area (Å²) >= 11 is 0. The molecule has 21 heavy (non-hydrogen) atoms. The smallest absolute Gasteiger partial charge is 0.218 e. The zero-order chi connectivity index (χ0) is 14.9. The number of unbranched alkanes of at least 4 members (excludes halogenated alkanes) is 1. The molecule has 5 heteroatoms. The lowest BCUT2D eigenvalue weighted by molar-refractivity contribution is 0.304. The summed E-state index contributed by atoms with van der Waals surface area (Å²) in [5, 5.41) is 3.38. The first kappa shape index (κ1) is 16.0. The van der Waals surface area contributed by atoms with Gasteiger partial charge in [-0.05, 0) is 58.7 Å². The Hall–Kier alpha value is -1.36. The Morgan fingerprint density at radius 2 is 2.05 bits per heavy atom. The molecular formula is C16H28N4O. The summed E-state index contributed by atoms with van der Waals surface area (Å²) in [5.41, 5.74) is 0. The molecule has 0 atom stereocenters. The van der Waals surface area contributed by atoms with E-state index in [2.05, 4.69) is 27.1 Å². The lowest BCUT2D eigenvalue weighted by atomic mass is 10.3. The number of hydrogen-bond donors (Lipinski definition) is 1. The van der Waals surface area contributed by atoms with Gasteiger partial charge in [0, 0.05) is 12.6 Å². The van der Waals surface area contributed by atoms with Gasteiger partial charge in [0.25, 0.3) is 0 Å². The lowest BCUT2D eigenvalue weighted by Gasteiger charge is -2.14. The highest BCUT2D eigenvalue weighted by atomic mass is 16.5. The molecular weight excluding hydrogens is 264 g/mol. The Morgan fingerprint density at radius 3 is 2.81 bits per heavy atom. The maximum atomic E-state index is 5.57. The fourth-order valence-corrected chi connectivity index (χ4v) is 2.59. The van der Waals surface area contributed by atoms with E-state index >= 15 is 0 Å². The molecule has 1 fully saturated rings. The Morgan fingerprint density at radius 1 is 1.24 bits per heavy atom. The van der Waals surface area contributed by atoms with Gasteiger partial charge in [-0.3, -0.25) is 0 Å². The Bertz CT molecular complexity index is 419. The van der Waals surface area contributed by atoms with Gasteiger partial charge in [0.15, 0.2) is 0 Å². The highest BCUT2D eigenvalue weighted by molar-refractivity contribution is 5.38. The van der Waals surface area contributed by atoms with E-state index in [1.165, 1.54) is 45.3 Å². The van der Waals surface area contributed by atoms with E-state index < -0.39 is 0 Å². The van der Waals surface area contributed by atoms with Crippen molar-refractivity contribution in [1.29, 1.82) is 0 Å². The van der Waals surface area contributed by atoms with E-state index in [1.54, 1.807) is 0 Å². The normalized spacial score (nSPS) is 15.3. The van der Waals surface area contributed by atoms with Gasteiger partial charge < -0.3 is 15.0 Å². The van der Waals surface area contributed by atoms with Crippen LogP contribution in [-0.2, 0) is 0 Å². The molecule has 0 bridgehead atoms. The van der Waals surface area contributed by atoms with Crippen LogP contribution in [0.3, 0.4) is 0 Å². The number of anilines is 1. The monoisotopic (exact) mass is 292 g/mol. The highest BCUT2D eigenvalue weighted by Gasteiger charge is 2.10. The fourth-order valence-electron chi connectivity index (χ4n) is 2.59. The number of ether oxygens (including phenoxy) is 1. The summed E-state index contributed by atoms with van der Waals surface area (Å²) in [7, 11) is 0. The van der Waals surface area contributed by atoms with Crippen molar-refractivity contribution in [3.05, 3.63) is 11.9 Å². The quantitative estimate of drug-likeness (QED) is 0.709. The second kappa shape index (κ2) is 8.82. The van der Waals surface area contributed by atoms with Gasteiger partial charge in [0.2, 0.25) is 5.88 Å². The van der Waals surface area contributed by atoms with Gasteiger partial charge in [-0.2, -0.15) is 4.98 Å². The van der Waals surface area contributed by atoms with Crippen molar-refractivity contribution in [2.45, 2.75) is 46.0 Å². The summed E-state index contributed by atoms with van der Waals surface area (Å²) in [6.07, 6.45) is 6.15. The molecule has 2 heterocycles. The molecule has 0 radical (unpaired) electrons. The largest absolute Gasteiger partial charge is 0.478 e. The number of likely N-dealkylation sites (tertiary alicyclic amines) is 1. The van der Waals surface area contributed by atoms with Gasteiger partial charge in [0.1, 0.15) is 11.6 Å².